The third-order valence-corrected chi connectivity index (χ3v) is 6.58. The fourth-order valence-corrected chi connectivity index (χ4v) is 5.35. The topological polar surface area (TPSA) is 63.2 Å². The van der Waals surface area contributed by atoms with Crippen molar-refractivity contribution in [3.63, 3.8) is 0 Å². The molecule has 1 saturated heterocycles. The summed E-state index contributed by atoms with van der Waals surface area (Å²) in [6.07, 6.45) is 0. The van der Waals surface area contributed by atoms with Crippen molar-refractivity contribution in [2.75, 3.05) is 11.5 Å². The SMILES string of the molecule is O=C(NC1CS(=O)(=O)CC1Cl)c1cc(Br)ccc1I. The van der Waals surface area contributed by atoms with E-state index in [1.54, 1.807) is 6.07 Å². The highest BCUT2D eigenvalue weighted by atomic mass is 127. The maximum Gasteiger partial charge on any atom is 0.252 e. The Morgan fingerprint density at radius 1 is 1.42 bits per heavy atom. The Hall–Kier alpha value is 0.140. The summed E-state index contributed by atoms with van der Waals surface area (Å²) in [4.78, 5) is 12.1. The smallest absolute Gasteiger partial charge is 0.252 e. The number of alkyl halides is 1. The summed E-state index contributed by atoms with van der Waals surface area (Å²) >= 11 is 11.3. The zero-order valence-corrected chi connectivity index (χ0v) is 14.9. The molecular formula is C11H10BrClINO3S. The van der Waals surface area contributed by atoms with E-state index in [2.05, 4.69) is 43.8 Å². The van der Waals surface area contributed by atoms with Crippen LogP contribution in [0.1, 0.15) is 10.4 Å². The van der Waals surface area contributed by atoms with Gasteiger partial charge in [-0.3, -0.25) is 4.79 Å². The molecule has 1 aliphatic rings. The number of halogens is 3. The van der Waals surface area contributed by atoms with Crippen LogP contribution in [0.5, 0.6) is 0 Å². The number of nitrogens with one attached hydrogen (secondary N) is 1. The normalized spacial score (nSPS) is 25.2. The van der Waals surface area contributed by atoms with Gasteiger partial charge in [0.1, 0.15) is 0 Å². The van der Waals surface area contributed by atoms with E-state index in [1.807, 2.05) is 12.1 Å². The molecule has 2 atom stereocenters. The number of amides is 1. The van der Waals surface area contributed by atoms with Crippen LogP contribution < -0.4 is 5.32 Å². The molecule has 8 heteroatoms. The molecule has 1 aromatic rings. The van der Waals surface area contributed by atoms with Crippen LogP contribution in [-0.4, -0.2) is 37.2 Å². The van der Waals surface area contributed by atoms with Crippen LogP contribution in [0, 0.1) is 3.57 Å². The van der Waals surface area contributed by atoms with Crippen LogP contribution in [0.3, 0.4) is 0 Å². The molecule has 1 heterocycles. The summed E-state index contributed by atoms with van der Waals surface area (Å²) in [7, 11) is -3.15. The Bertz CT molecular complexity index is 622. The van der Waals surface area contributed by atoms with Crippen LogP contribution in [0.4, 0.5) is 0 Å². The average molecular weight is 479 g/mol. The molecule has 1 amide bonds. The monoisotopic (exact) mass is 477 g/mol. The molecule has 4 nitrogen and oxygen atoms in total. The molecule has 2 unspecified atom stereocenters. The standard InChI is InChI=1S/C11H10BrClINO3S/c12-6-1-2-9(14)7(3-6)11(16)15-10-5-19(17,18)4-8(10)13/h1-3,8,10H,4-5H2,(H,15,16). The number of carbonyl (C=O) groups is 1. The van der Waals surface area contributed by atoms with E-state index < -0.39 is 21.3 Å². The second-order valence-electron chi connectivity index (χ2n) is 4.30. The quantitative estimate of drug-likeness (QED) is 0.524. The van der Waals surface area contributed by atoms with Gasteiger partial charge in [0.15, 0.2) is 9.84 Å². The number of hydrogen-bond acceptors (Lipinski definition) is 3. The highest BCUT2D eigenvalue weighted by Gasteiger charge is 2.37. The van der Waals surface area contributed by atoms with Crippen LogP contribution in [0.2, 0.25) is 0 Å². The lowest BCUT2D eigenvalue weighted by Gasteiger charge is -2.15. The van der Waals surface area contributed by atoms with Crippen molar-refractivity contribution in [1.82, 2.24) is 5.32 Å². The van der Waals surface area contributed by atoms with Gasteiger partial charge in [0.25, 0.3) is 5.91 Å². The van der Waals surface area contributed by atoms with Gasteiger partial charge in [0, 0.05) is 8.04 Å². The van der Waals surface area contributed by atoms with Crippen molar-refractivity contribution < 1.29 is 13.2 Å². The van der Waals surface area contributed by atoms with Crippen LogP contribution in [0.15, 0.2) is 22.7 Å². The molecule has 1 aliphatic heterocycles. The van der Waals surface area contributed by atoms with Crippen molar-refractivity contribution in [3.05, 3.63) is 31.8 Å². The average Bonchev–Trinajstić information content (AvgIpc) is 2.55. The number of rotatable bonds is 2. The highest BCUT2D eigenvalue weighted by Crippen LogP contribution is 2.21. The predicted molar refractivity (Wildman–Crippen MR) is 86.4 cm³/mol. The summed E-state index contributed by atoms with van der Waals surface area (Å²) in [6, 6.07) is 4.81. The Labute approximate surface area is 138 Å². The zero-order valence-electron chi connectivity index (χ0n) is 9.57. The van der Waals surface area contributed by atoms with Crippen molar-refractivity contribution in [2.24, 2.45) is 0 Å². The molecule has 0 aromatic heterocycles. The first-order valence-corrected chi connectivity index (χ1v) is 9.52. The van der Waals surface area contributed by atoms with E-state index in [0.29, 0.717) is 5.56 Å². The Balaban J connectivity index is 2.16. The van der Waals surface area contributed by atoms with Gasteiger partial charge in [-0.25, -0.2) is 8.42 Å². The van der Waals surface area contributed by atoms with Crippen molar-refractivity contribution >= 4 is 65.9 Å². The Morgan fingerprint density at radius 3 is 2.68 bits per heavy atom. The first kappa shape index (κ1) is 15.5. The summed E-state index contributed by atoms with van der Waals surface area (Å²) in [5, 5.41) is 2.12. The van der Waals surface area contributed by atoms with Gasteiger partial charge in [-0.05, 0) is 40.8 Å². The van der Waals surface area contributed by atoms with E-state index in [-0.39, 0.29) is 17.4 Å². The maximum atomic E-state index is 12.1. The molecule has 0 saturated carbocycles. The van der Waals surface area contributed by atoms with E-state index >= 15 is 0 Å². The van der Waals surface area contributed by atoms with Gasteiger partial charge >= 0.3 is 0 Å². The number of sulfone groups is 1. The van der Waals surface area contributed by atoms with Gasteiger partial charge < -0.3 is 5.32 Å². The van der Waals surface area contributed by atoms with E-state index in [4.69, 9.17) is 11.6 Å². The molecule has 1 fully saturated rings. The summed E-state index contributed by atoms with van der Waals surface area (Å²) in [5.41, 5.74) is 0.503. The van der Waals surface area contributed by atoms with Gasteiger partial charge in [0.2, 0.25) is 0 Å². The number of carbonyl (C=O) groups excluding carboxylic acids is 1. The molecule has 0 aliphatic carbocycles. The van der Waals surface area contributed by atoms with E-state index in [1.165, 1.54) is 0 Å². The first-order valence-electron chi connectivity index (χ1n) is 5.39. The van der Waals surface area contributed by atoms with Crippen LogP contribution in [-0.2, 0) is 9.84 Å². The second-order valence-corrected chi connectivity index (χ2v) is 9.09. The van der Waals surface area contributed by atoms with Gasteiger partial charge in [-0.2, -0.15) is 0 Å². The van der Waals surface area contributed by atoms with Crippen molar-refractivity contribution in [1.29, 1.82) is 0 Å². The molecule has 1 N–H and O–H groups in total. The fourth-order valence-electron chi connectivity index (χ4n) is 1.85. The second kappa shape index (κ2) is 5.87. The predicted octanol–water partition coefficient (Wildman–Crippen LogP) is 2.19. The third kappa shape index (κ3) is 3.83. The first-order chi connectivity index (χ1) is 8.78. The molecule has 0 bridgehead atoms. The van der Waals surface area contributed by atoms with Gasteiger partial charge in [-0.1, -0.05) is 15.9 Å². The van der Waals surface area contributed by atoms with E-state index in [0.717, 1.165) is 8.04 Å². The molecule has 0 radical (unpaired) electrons. The molecule has 19 heavy (non-hydrogen) atoms. The lowest BCUT2D eigenvalue weighted by molar-refractivity contribution is 0.0940. The molecule has 104 valence electrons. The van der Waals surface area contributed by atoms with Crippen molar-refractivity contribution in [3.8, 4) is 0 Å². The van der Waals surface area contributed by atoms with Gasteiger partial charge in [-0.15, -0.1) is 11.6 Å². The summed E-state index contributed by atoms with van der Waals surface area (Å²) < 4.78 is 24.5. The lowest BCUT2D eigenvalue weighted by Crippen LogP contribution is -2.40. The van der Waals surface area contributed by atoms with E-state index in [9.17, 15) is 13.2 Å². The largest absolute Gasteiger partial charge is 0.347 e. The molecule has 2 rings (SSSR count). The highest BCUT2D eigenvalue weighted by molar-refractivity contribution is 14.1. The minimum atomic E-state index is -3.15. The lowest BCUT2D eigenvalue weighted by atomic mass is 10.2. The molecular weight excluding hydrogens is 468 g/mol. The summed E-state index contributed by atoms with van der Waals surface area (Å²) in [5.74, 6) is -0.495. The minimum Gasteiger partial charge on any atom is -0.347 e. The Morgan fingerprint density at radius 2 is 2.11 bits per heavy atom. The number of hydrogen-bond donors (Lipinski definition) is 1. The third-order valence-electron chi connectivity index (χ3n) is 2.77. The molecule has 0 spiro atoms. The van der Waals surface area contributed by atoms with Crippen molar-refractivity contribution in [2.45, 2.75) is 11.4 Å². The maximum absolute atomic E-state index is 12.1. The summed E-state index contributed by atoms with van der Waals surface area (Å²) in [6.45, 7) is 0. The van der Waals surface area contributed by atoms with Gasteiger partial charge in [0.05, 0.1) is 28.5 Å². The number of benzene rings is 1. The fraction of sp³-hybridized carbons (Fsp3) is 0.364. The van der Waals surface area contributed by atoms with Crippen LogP contribution in [0.25, 0.3) is 0 Å². The molecule has 1 aromatic carbocycles. The zero-order chi connectivity index (χ0) is 14.2. The Kier molecular flexibility index (Phi) is 4.79. The van der Waals surface area contributed by atoms with Crippen LogP contribution >= 0.6 is 50.1 Å². The minimum absolute atomic E-state index is 0.0882.